The van der Waals surface area contributed by atoms with Crippen LogP contribution in [0.3, 0.4) is 0 Å². The first kappa shape index (κ1) is 26.2. The molecule has 1 heterocycles. The quantitative estimate of drug-likeness (QED) is 0.197. The third kappa shape index (κ3) is 8.09. The fraction of sp³-hybridized carbons (Fsp3) is 0.708. The van der Waals surface area contributed by atoms with Crippen molar-refractivity contribution < 1.29 is 14.2 Å². The number of nitrogens with one attached hydrogen (secondary N) is 1. The number of guanidine groups is 1. The highest BCUT2D eigenvalue weighted by Crippen LogP contribution is 2.36. The van der Waals surface area contributed by atoms with Gasteiger partial charge >= 0.3 is 0 Å². The van der Waals surface area contributed by atoms with Crippen LogP contribution in [0.1, 0.15) is 45.1 Å². The summed E-state index contributed by atoms with van der Waals surface area (Å²) < 4.78 is 17.1. The van der Waals surface area contributed by atoms with Gasteiger partial charge in [0.2, 0.25) is 0 Å². The summed E-state index contributed by atoms with van der Waals surface area (Å²) in [6.07, 6.45) is 4.63. The summed E-state index contributed by atoms with van der Waals surface area (Å²) in [5, 5.41) is 3.45. The number of ether oxygens (including phenoxy) is 3. The highest BCUT2D eigenvalue weighted by molar-refractivity contribution is 14.0. The number of rotatable bonds is 11. The molecule has 0 amide bonds. The molecule has 3 rings (SSSR count). The maximum atomic E-state index is 5.82. The monoisotopic (exact) mass is 545 g/mol. The number of hydrogen-bond acceptors (Lipinski definition) is 4. The Morgan fingerprint density at radius 1 is 1.19 bits per heavy atom. The predicted molar refractivity (Wildman–Crippen MR) is 137 cm³/mol. The fourth-order valence-electron chi connectivity index (χ4n) is 3.91. The Hall–Kier alpha value is -1.06. The van der Waals surface area contributed by atoms with E-state index in [1.165, 1.54) is 18.4 Å². The molecule has 1 N–H and O–H groups in total. The van der Waals surface area contributed by atoms with E-state index in [1.807, 2.05) is 6.92 Å². The van der Waals surface area contributed by atoms with Gasteiger partial charge in [-0.25, -0.2) is 0 Å². The molecule has 1 aromatic rings. The first-order valence-corrected chi connectivity index (χ1v) is 11.5. The number of likely N-dealkylation sites (N-methyl/N-ethyl adjacent to an activating group) is 1. The summed E-state index contributed by atoms with van der Waals surface area (Å²) in [7, 11) is 2.09. The van der Waals surface area contributed by atoms with Crippen molar-refractivity contribution in [3.8, 4) is 5.75 Å². The minimum absolute atomic E-state index is 0. The van der Waals surface area contributed by atoms with Crippen LogP contribution in [0.25, 0.3) is 0 Å². The van der Waals surface area contributed by atoms with E-state index in [9.17, 15) is 0 Å². The SMILES string of the molecule is CCNC(=NCC1(c2ccc(OCC)cc2)CCOCC1)N(C)CCOCC1CC1.I. The number of halogens is 1. The van der Waals surface area contributed by atoms with E-state index < -0.39 is 0 Å². The van der Waals surface area contributed by atoms with Gasteiger partial charge in [0.1, 0.15) is 5.75 Å². The van der Waals surface area contributed by atoms with E-state index >= 15 is 0 Å². The molecule has 0 radical (unpaired) electrons. The third-order valence-electron chi connectivity index (χ3n) is 6.08. The second-order valence-corrected chi connectivity index (χ2v) is 8.46. The van der Waals surface area contributed by atoms with Gasteiger partial charge in [0.25, 0.3) is 0 Å². The molecular weight excluding hydrogens is 505 g/mol. The van der Waals surface area contributed by atoms with Crippen LogP contribution in [0.2, 0.25) is 0 Å². The molecule has 0 atom stereocenters. The Kier molecular flexibility index (Phi) is 11.4. The van der Waals surface area contributed by atoms with Crippen molar-refractivity contribution in [2.75, 3.05) is 59.7 Å². The Morgan fingerprint density at radius 2 is 1.90 bits per heavy atom. The van der Waals surface area contributed by atoms with Gasteiger partial charge in [0, 0.05) is 45.4 Å². The van der Waals surface area contributed by atoms with Crippen LogP contribution in [-0.4, -0.2) is 70.6 Å². The van der Waals surface area contributed by atoms with Gasteiger partial charge in [-0.15, -0.1) is 24.0 Å². The maximum Gasteiger partial charge on any atom is 0.193 e. The largest absolute Gasteiger partial charge is 0.494 e. The molecule has 31 heavy (non-hydrogen) atoms. The van der Waals surface area contributed by atoms with Gasteiger partial charge in [-0.05, 0) is 63.1 Å². The van der Waals surface area contributed by atoms with Gasteiger partial charge < -0.3 is 24.4 Å². The first-order chi connectivity index (χ1) is 14.7. The molecule has 6 nitrogen and oxygen atoms in total. The van der Waals surface area contributed by atoms with Crippen molar-refractivity contribution in [3.63, 3.8) is 0 Å². The number of aliphatic imine (C=N–C) groups is 1. The van der Waals surface area contributed by atoms with Crippen molar-refractivity contribution in [2.45, 2.75) is 44.9 Å². The van der Waals surface area contributed by atoms with Crippen molar-refractivity contribution >= 4 is 29.9 Å². The van der Waals surface area contributed by atoms with Gasteiger partial charge in [0.15, 0.2) is 5.96 Å². The Bertz CT molecular complexity index is 659. The molecule has 1 aromatic carbocycles. The van der Waals surface area contributed by atoms with Crippen LogP contribution < -0.4 is 10.1 Å². The van der Waals surface area contributed by atoms with E-state index in [-0.39, 0.29) is 29.4 Å². The molecule has 7 heteroatoms. The van der Waals surface area contributed by atoms with Crippen LogP contribution in [0, 0.1) is 5.92 Å². The smallest absolute Gasteiger partial charge is 0.193 e. The lowest BCUT2D eigenvalue weighted by molar-refractivity contribution is 0.0530. The van der Waals surface area contributed by atoms with Gasteiger partial charge in [-0.3, -0.25) is 4.99 Å². The lowest BCUT2D eigenvalue weighted by Crippen LogP contribution is -2.43. The molecule has 0 unspecified atom stereocenters. The third-order valence-corrected chi connectivity index (χ3v) is 6.08. The summed E-state index contributed by atoms with van der Waals surface area (Å²) in [6, 6.07) is 8.56. The number of benzene rings is 1. The summed E-state index contributed by atoms with van der Waals surface area (Å²) in [4.78, 5) is 7.24. The summed E-state index contributed by atoms with van der Waals surface area (Å²) in [5.74, 6) is 2.68. The molecule has 176 valence electrons. The molecule has 2 fully saturated rings. The maximum absolute atomic E-state index is 5.82. The van der Waals surface area contributed by atoms with E-state index in [0.29, 0.717) is 6.61 Å². The van der Waals surface area contributed by atoms with E-state index in [2.05, 4.69) is 48.5 Å². The molecule has 1 saturated heterocycles. The summed E-state index contributed by atoms with van der Waals surface area (Å²) in [5.41, 5.74) is 1.33. The Balaban J connectivity index is 0.00000341. The number of nitrogens with zero attached hydrogens (tertiary/aromatic N) is 2. The minimum Gasteiger partial charge on any atom is -0.494 e. The summed E-state index contributed by atoms with van der Waals surface area (Å²) >= 11 is 0. The lowest BCUT2D eigenvalue weighted by atomic mass is 9.74. The predicted octanol–water partition coefficient (Wildman–Crippen LogP) is 4.08. The zero-order valence-corrected chi connectivity index (χ0v) is 21.7. The zero-order chi connectivity index (χ0) is 21.2. The molecule has 1 saturated carbocycles. The first-order valence-electron chi connectivity index (χ1n) is 11.5. The second-order valence-electron chi connectivity index (χ2n) is 8.46. The Labute approximate surface area is 205 Å². The molecule has 0 bridgehead atoms. The van der Waals surface area contributed by atoms with Crippen molar-refractivity contribution in [1.82, 2.24) is 10.2 Å². The number of hydrogen-bond donors (Lipinski definition) is 1. The zero-order valence-electron chi connectivity index (χ0n) is 19.4. The van der Waals surface area contributed by atoms with Crippen LogP contribution in [0.15, 0.2) is 29.3 Å². The van der Waals surface area contributed by atoms with Crippen LogP contribution in [0.5, 0.6) is 5.75 Å². The highest BCUT2D eigenvalue weighted by Gasteiger charge is 2.34. The van der Waals surface area contributed by atoms with Crippen LogP contribution >= 0.6 is 24.0 Å². The van der Waals surface area contributed by atoms with Crippen LogP contribution in [-0.2, 0) is 14.9 Å². The molecule has 1 aliphatic carbocycles. The van der Waals surface area contributed by atoms with Crippen LogP contribution in [0.4, 0.5) is 0 Å². The standard InChI is InChI=1S/C24H39N3O3.HI/c1-4-25-23(27(3)14-17-29-18-20-6-7-20)26-19-24(12-15-28-16-13-24)21-8-10-22(11-9-21)30-5-2;/h8-11,20H,4-7,12-19H2,1-3H3,(H,25,26);1H. The molecule has 0 aromatic heterocycles. The summed E-state index contributed by atoms with van der Waals surface area (Å²) in [6.45, 7) is 10.5. The average molecular weight is 546 g/mol. The van der Waals surface area contributed by atoms with Gasteiger partial charge in [-0.1, -0.05) is 12.1 Å². The van der Waals surface area contributed by atoms with Gasteiger partial charge in [-0.2, -0.15) is 0 Å². The fourth-order valence-corrected chi connectivity index (χ4v) is 3.91. The van der Waals surface area contributed by atoms with Crippen molar-refractivity contribution in [3.05, 3.63) is 29.8 Å². The second kappa shape index (κ2) is 13.5. The molecule has 0 spiro atoms. The van der Waals surface area contributed by atoms with E-state index in [4.69, 9.17) is 19.2 Å². The molecule has 1 aliphatic heterocycles. The van der Waals surface area contributed by atoms with Crippen molar-refractivity contribution in [1.29, 1.82) is 0 Å². The molecule has 2 aliphatic rings. The highest BCUT2D eigenvalue weighted by atomic mass is 127. The lowest BCUT2D eigenvalue weighted by Gasteiger charge is -2.37. The topological polar surface area (TPSA) is 55.3 Å². The van der Waals surface area contributed by atoms with E-state index in [1.54, 1.807) is 0 Å². The normalized spacial score (nSPS) is 18.2. The molecular formula is C24H40IN3O3. The Morgan fingerprint density at radius 3 is 2.52 bits per heavy atom. The van der Waals surface area contributed by atoms with Gasteiger partial charge in [0.05, 0.1) is 19.8 Å². The average Bonchev–Trinajstić information content (AvgIpc) is 3.60. The van der Waals surface area contributed by atoms with E-state index in [0.717, 1.165) is 76.5 Å². The minimum atomic E-state index is 0. The van der Waals surface area contributed by atoms with Crippen molar-refractivity contribution in [2.24, 2.45) is 10.9 Å².